The van der Waals surface area contributed by atoms with Crippen LogP contribution >= 0.6 is 0 Å². The zero-order chi connectivity index (χ0) is 12.3. The summed E-state index contributed by atoms with van der Waals surface area (Å²) in [5.74, 6) is 0. The lowest BCUT2D eigenvalue weighted by atomic mass is 9.91. The van der Waals surface area contributed by atoms with Crippen molar-refractivity contribution in [3.8, 4) is 0 Å². The van der Waals surface area contributed by atoms with Crippen molar-refractivity contribution in [1.29, 1.82) is 0 Å². The van der Waals surface area contributed by atoms with E-state index in [-0.39, 0.29) is 5.54 Å². The van der Waals surface area contributed by atoms with Crippen molar-refractivity contribution in [2.45, 2.75) is 66.8 Å². The largest absolute Gasteiger partial charge is 0.370 e. The molecule has 0 heterocycles. The molecule has 0 bridgehead atoms. The van der Waals surface area contributed by atoms with Crippen LogP contribution in [0.25, 0.3) is 0 Å². The van der Waals surface area contributed by atoms with Gasteiger partial charge in [0.1, 0.15) is 0 Å². The van der Waals surface area contributed by atoms with Gasteiger partial charge in [-0.2, -0.15) is 0 Å². The quantitative estimate of drug-likeness (QED) is 0.664. The summed E-state index contributed by atoms with van der Waals surface area (Å²) in [6.07, 6.45) is 2.25. The molecule has 0 aromatic rings. The van der Waals surface area contributed by atoms with Gasteiger partial charge in [0, 0.05) is 17.8 Å². The molecule has 0 aromatic heterocycles. The average Bonchev–Trinajstić information content (AvgIpc) is 1.99. The molecule has 0 rings (SSSR count). The van der Waals surface area contributed by atoms with E-state index in [1.165, 1.54) is 12.1 Å². The van der Waals surface area contributed by atoms with Crippen molar-refractivity contribution in [2.24, 2.45) is 5.41 Å². The third kappa shape index (κ3) is 5.86. The SMILES string of the molecule is C=C(CC)N(CCC(C)(C)C)C(C)(C)C. The maximum atomic E-state index is 4.17. The van der Waals surface area contributed by atoms with E-state index in [1.54, 1.807) is 0 Å². The second-order valence-electron chi connectivity index (χ2n) is 6.55. The Bertz CT molecular complexity index is 202. The first-order chi connectivity index (χ1) is 6.58. The summed E-state index contributed by atoms with van der Waals surface area (Å²) < 4.78 is 0. The van der Waals surface area contributed by atoms with Crippen LogP contribution in [0, 0.1) is 5.41 Å². The standard InChI is InChI=1S/C14H29N/c1-9-12(2)15(14(6,7)8)11-10-13(3,4)5/h2,9-11H2,1,3-8H3. The topological polar surface area (TPSA) is 3.24 Å². The molecule has 0 aliphatic carbocycles. The highest BCUT2D eigenvalue weighted by Crippen LogP contribution is 2.25. The van der Waals surface area contributed by atoms with E-state index in [1.807, 2.05) is 0 Å². The van der Waals surface area contributed by atoms with E-state index >= 15 is 0 Å². The Hall–Kier alpha value is -0.460. The van der Waals surface area contributed by atoms with E-state index in [0.717, 1.165) is 13.0 Å². The van der Waals surface area contributed by atoms with E-state index in [4.69, 9.17) is 0 Å². The van der Waals surface area contributed by atoms with Gasteiger partial charge in [-0.1, -0.05) is 34.3 Å². The maximum absolute atomic E-state index is 4.17. The third-order valence-corrected chi connectivity index (χ3v) is 2.68. The number of nitrogens with zero attached hydrogens (tertiary/aromatic N) is 1. The maximum Gasteiger partial charge on any atom is 0.0314 e. The second kappa shape index (κ2) is 5.05. The Morgan fingerprint density at radius 2 is 1.53 bits per heavy atom. The number of hydrogen-bond donors (Lipinski definition) is 0. The highest BCUT2D eigenvalue weighted by atomic mass is 15.2. The fraction of sp³-hybridized carbons (Fsp3) is 0.857. The Labute approximate surface area is 96.6 Å². The van der Waals surface area contributed by atoms with E-state index in [0.29, 0.717) is 5.41 Å². The highest BCUT2D eigenvalue weighted by Gasteiger charge is 2.23. The van der Waals surface area contributed by atoms with Crippen LogP contribution < -0.4 is 0 Å². The third-order valence-electron chi connectivity index (χ3n) is 2.68. The molecule has 0 atom stereocenters. The molecule has 1 nitrogen and oxygen atoms in total. The van der Waals surface area contributed by atoms with Crippen LogP contribution in [0.15, 0.2) is 12.3 Å². The molecule has 0 aliphatic rings. The monoisotopic (exact) mass is 211 g/mol. The molecule has 0 amide bonds. The van der Waals surface area contributed by atoms with E-state index in [9.17, 15) is 0 Å². The van der Waals surface area contributed by atoms with Gasteiger partial charge in [-0.05, 0) is 39.0 Å². The van der Waals surface area contributed by atoms with Gasteiger partial charge in [0.15, 0.2) is 0 Å². The Morgan fingerprint density at radius 1 is 1.07 bits per heavy atom. The lowest BCUT2D eigenvalue weighted by Gasteiger charge is -2.40. The molecule has 0 saturated carbocycles. The second-order valence-corrected chi connectivity index (χ2v) is 6.55. The first kappa shape index (κ1) is 14.5. The predicted octanol–water partition coefficient (Wildman–Crippen LogP) is 4.45. The fourth-order valence-electron chi connectivity index (χ4n) is 1.61. The smallest absolute Gasteiger partial charge is 0.0314 e. The van der Waals surface area contributed by atoms with Crippen molar-refractivity contribution >= 4 is 0 Å². The molecule has 0 unspecified atom stereocenters. The summed E-state index contributed by atoms with van der Waals surface area (Å²) in [4.78, 5) is 2.44. The normalized spacial score (nSPS) is 12.7. The summed E-state index contributed by atoms with van der Waals surface area (Å²) in [6, 6.07) is 0. The first-order valence-corrected chi connectivity index (χ1v) is 6.03. The Kier molecular flexibility index (Phi) is 4.89. The molecule has 0 aromatic carbocycles. The molecule has 0 radical (unpaired) electrons. The van der Waals surface area contributed by atoms with Crippen LogP contribution in [0.3, 0.4) is 0 Å². The Balaban J connectivity index is 4.48. The van der Waals surface area contributed by atoms with Gasteiger partial charge >= 0.3 is 0 Å². The molecule has 15 heavy (non-hydrogen) atoms. The number of allylic oxidation sites excluding steroid dienone is 1. The van der Waals surface area contributed by atoms with Crippen molar-refractivity contribution in [3.63, 3.8) is 0 Å². The molecule has 1 heteroatoms. The van der Waals surface area contributed by atoms with Crippen LogP contribution in [0.4, 0.5) is 0 Å². The summed E-state index contributed by atoms with van der Waals surface area (Å²) in [7, 11) is 0. The predicted molar refractivity (Wildman–Crippen MR) is 70.0 cm³/mol. The van der Waals surface area contributed by atoms with Crippen molar-refractivity contribution in [1.82, 2.24) is 4.90 Å². The Morgan fingerprint density at radius 3 is 1.80 bits per heavy atom. The van der Waals surface area contributed by atoms with Crippen LogP contribution in [0.5, 0.6) is 0 Å². The van der Waals surface area contributed by atoms with Gasteiger partial charge in [0.2, 0.25) is 0 Å². The van der Waals surface area contributed by atoms with Crippen LogP contribution in [0.1, 0.15) is 61.3 Å². The van der Waals surface area contributed by atoms with Gasteiger partial charge in [-0.15, -0.1) is 0 Å². The summed E-state index contributed by atoms with van der Waals surface area (Å²) in [6.45, 7) is 21.1. The summed E-state index contributed by atoms with van der Waals surface area (Å²) in [5, 5.41) is 0. The lowest BCUT2D eigenvalue weighted by molar-refractivity contribution is 0.158. The molecular formula is C14H29N. The van der Waals surface area contributed by atoms with Crippen LogP contribution in [-0.2, 0) is 0 Å². The van der Waals surface area contributed by atoms with E-state index < -0.39 is 0 Å². The van der Waals surface area contributed by atoms with Gasteiger partial charge in [0.25, 0.3) is 0 Å². The lowest BCUT2D eigenvalue weighted by Crippen LogP contribution is -2.41. The van der Waals surface area contributed by atoms with Crippen LogP contribution in [0.2, 0.25) is 0 Å². The van der Waals surface area contributed by atoms with Crippen molar-refractivity contribution < 1.29 is 0 Å². The molecule has 0 N–H and O–H groups in total. The van der Waals surface area contributed by atoms with Gasteiger partial charge in [-0.25, -0.2) is 0 Å². The number of hydrogen-bond acceptors (Lipinski definition) is 1. The van der Waals surface area contributed by atoms with Crippen molar-refractivity contribution in [3.05, 3.63) is 12.3 Å². The van der Waals surface area contributed by atoms with Gasteiger partial charge < -0.3 is 4.90 Å². The number of rotatable bonds is 4. The molecular weight excluding hydrogens is 182 g/mol. The summed E-state index contributed by atoms with van der Waals surface area (Å²) in [5.41, 5.74) is 1.85. The zero-order valence-corrected chi connectivity index (χ0v) is 11.8. The minimum atomic E-state index is 0.193. The van der Waals surface area contributed by atoms with Crippen molar-refractivity contribution in [2.75, 3.05) is 6.54 Å². The van der Waals surface area contributed by atoms with Gasteiger partial charge in [0.05, 0.1) is 0 Å². The first-order valence-electron chi connectivity index (χ1n) is 6.03. The summed E-state index contributed by atoms with van der Waals surface area (Å²) >= 11 is 0. The highest BCUT2D eigenvalue weighted by molar-refractivity contribution is 4.98. The molecule has 0 aliphatic heterocycles. The van der Waals surface area contributed by atoms with Crippen LogP contribution in [-0.4, -0.2) is 17.0 Å². The molecule has 90 valence electrons. The zero-order valence-electron chi connectivity index (χ0n) is 11.8. The average molecular weight is 211 g/mol. The minimum absolute atomic E-state index is 0.193. The molecule has 0 spiro atoms. The molecule has 0 saturated heterocycles. The van der Waals surface area contributed by atoms with E-state index in [2.05, 4.69) is 59.9 Å². The fourth-order valence-corrected chi connectivity index (χ4v) is 1.61. The van der Waals surface area contributed by atoms with Gasteiger partial charge in [-0.3, -0.25) is 0 Å². The minimum Gasteiger partial charge on any atom is -0.370 e. The molecule has 0 fully saturated rings.